The van der Waals surface area contributed by atoms with Crippen LogP contribution in [0.5, 0.6) is 0 Å². The van der Waals surface area contributed by atoms with E-state index in [1.807, 2.05) is 0 Å². The van der Waals surface area contributed by atoms with Gasteiger partial charge in [0.1, 0.15) is 11.5 Å². The number of aromatic carboxylic acids is 1. The van der Waals surface area contributed by atoms with Gasteiger partial charge in [0.15, 0.2) is 0 Å². The Labute approximate surface area is 152 Å². The van der Waals surface area contributed by atoms with Crippen molar-refractivity contribution in [1.82, 2.24) is 25.1 Å². The van der Waals surface area contributed by atoms with Crippen LogP contribution < -0.4 is 5.10 Å². The molecule has 133 valence electrons. The predicted molar refractivity (Wildman–Crippen MR) is 74.8 cm³/mol. The second-order valence-electron chi connectivity index (χ2n) is 4.19. The number of hydrogen-bond acceptors (Lipinski definition) is 5. The van der Waals surface area contributed by atoms with E-state index < -0.39 is 18.0 Å². The fraction of sp³-hybridized carbons (Fsp3) is 0.0714. The van der Waals surface area contributed by atoms with E-state index in [1.54, 1.807) is 24.3 Å². The van der Waals surface area contributed by atoms with Crippen molar-refractivity contribution in [3.05, 3.63) is 60.3 Å². The number of rotatable bonds is 2. The van der Waals surface area contributed by atoms with Gasteiger partial charge in [0.25, 0.3) is 0 Å². The average Bonchev–Trinajstić information content (AvgIpc) is 3.07. The number of carboxylic acid groups (broad SMARTS) is 1. The number of alkyl halides is 3. The summed E-state index contributed by atoms with van der Waals surface area (Å²) in [6.07, 6.45) is -1.68. The van der Waals surface area contributed by atoms with Crippen molar-refractivity contribution < 1.29 is 43.2 Å². The summed E-state index contributed by atoms with van der Waals surface area (Å²) in [6, 6.07) is 9.54. The zero-order valence-corrected chi connectivity index (χ0v) is 14.6. The van der Waals surface area contributed by atoms with E-state index in [4.69, 9.17) is 5.11 Å². The number of nitrogens with zero attached hydrogens (tertiary/aromatic N) is 5. The molecular weight excluding hydrogens is 519 g/mol. The Morgan fingerprint density at radius 1 is 1.04 bits per heavy atom. The smallest absolute Gasteiger partial charge is 0.429 e. The zero-order valence-electron chi connectivity index (χ0n) is 12.2. The average molecular weight is 528 g/mol. The third kappa shape index (κ3) is 6.05. The molecule has 25 heavy (non-hydrogen) atoms. The van der Waals surface area contributed by atoms with Crippen molar-refractivity contribution in [1.29, 1.82) is 0 Å². The quantitative estimate of drug-likeness (QED) is 0.545. The summed E-state index contributed by atoms with van der Waals surface area (Å²) in [5.41, 5.74) is 0.345. The SMILES string of the molecule is FC(F)(F)c1n[n-]c(-c2ccccn2)n1.O=C(O)c1ccccn1.[Ir]. The van der Waals surface area contributed by atoms with E-state index in [0.29, 0.717) is 0 Å². The molecular formula is C14H9F3IrN5O2-. The summed E-state index contributed by atoms with van der Waals surface area (Å²) < 4.78 is 36.4. The maximum absolute atomic E-state index is 12.1. The molecule has 0 aromatic carbocycles. The molecule has 3 heterocycles. The van der Waals surface area contributed by atoms with E-state index in [1.165, 1.54) is 24.5 Å². The number of aromatic nitrogens is 5. The van der Waals surface area contributed by atoms with Gasteiger partial charge in [0.05, 0.1) is 5.69 Å². The first-order valence-electron chi connectivity index (χ1n) is 6.38. The molecule has 0 aliphatic carbocycles. The Hall–Kier alpha value is -2.65. The number of carboxylic acids is 1. The van der Waals surface area contributed by atoms with Crippen molar-refractivity contribution in [3.63, 3.8) is 0 Å². The molecule has 3 aromatic rings. The van der Waals surface area contributed by atoms with Crippen LogP contribution in [0.3, 0.4) is 0 Å². The molecule has 0 atom stereocenters. The van der Waals surface area contributed by atoms with Gasteiger partial charge in [0, 0.05) is 32.5 Å². The second kappa shape index (κ2) is 9.00. The standard InChI is InChI=1S/C8H4F3N4.C6H5NO2.Ir/c9-8(10,11)7-13-6(14-15-7)5-3-1-2-4-12-5;8-6(9)5-3-1-2-4-7-5;/h1-4H;1-4H,(H,8,9);/q-1;;. The van der Waals surface area contributed by atoms with Crippen LogP contribution in [0.4, 0.5) is 13.2 Å². The zero-order chi connectivity index (χ0) is 17.6. The molecule has 0 spiro atoms. The van der Waals surface area contributed by atoms with Gasteiger partial charge in [-0.25, -0.2) is 9.78 Å². The topological polar surface area (TPSA) is 103 Å². The predicted octanol–water partition coefficient (Wildman–Crippen LogP) is 2.29. The maximum atomic E-state index is 12.1. The van der Waals surface area contributed by atoms with E-state index >= 15 is 0 Å². The molecule has 0 amide bonds. The van der Waals surface area contributed by atoms with Crippen LogP contribution in [0.1, 0.15) is 16.3 Å². The van der Waals surface area contributed by atoms with Crippen molar-refractivity contribution in [3.8, 4) is 11.5 Å². The molecule has 7 nitrogen and oxygen atoms in total. The van der Waals surface area contributed by atoms with Crippen molar-refractivity contribution in [2.24, 2.45) is 0 Å². The van der Waals surface area contributed by atoms with Gasteiger partial charge in [-0.05, 0) is 30.1 Å². The van der Waals surface area contributed by atoms with Crippen LogP contribution in [-0.4, -0.2) is 31.1 Å². The Morgan fingerprint density at radius 2 is 1.68 bits per heavy atom. The Kier molecular flexibility index (Phi) is 7.34. The Balaban J connectivity index is 0.000000270. The summed E-state index contributed by atoms with van der Waals surface area (Å²) in [6.45, 7) is 0. The van der Waals surface area contributed by atoms with Crippen molar-refractivity contribution >= 4 is 5.97 Å². The van der Waals surface area contributed by atoms with E-state index in [-0.39, 0.29) is 37.3 Å². The van der Waals surface area contributed by atoms with E-state index in [9.17, 15) is 18.0 Å². The van der Waals surface area contributed by atoms with Crippen LogP contribution in [-0.2, 0) is 26.3 Å². The normalized spacial score (nSPS) is 10.2. The fourth-order valence-corrected chi connectivity index (χ4v) is 1.45. The molecule has 0 fully saturated rings. The van der Waals surface area contributed by atoms with Crippen LogP contribution in [0.15, 0.2) is 48.8 Å². The van der Waals surface area contributed by atoms with E-state index in [0.717, 1.165) is 0 Å². The first-order valence-corrected chi connectivity index (χ1v) is 6.38. The number of hydrogen-bond donors (Lipinski definition) is 1. The number of pyridine rings is 2. The second-order valence-corrected chi connectivity index (χ2v) is 4.19. The molecule has 0 unspecified atom stereocenters. The fourth-order valence-electron chi connectivity index (χ4n) is 1.45. The Morgan fingerprint density at radius 3 is 2.08 bits per heavy atom. The van der Waals surface area contributed by atoms with Gasteiger partial charge in [-0.3, -0.25) is 10.1 Å². The minimum atomic E-state index is -4.57. The molecule has 1 N–H and O–H groups in total. The summed E-state index contributed by atoms with van der Waals surface area (Å²) in [4.78, 5) is 20.8. The molecule has 11 heteroatoms. The molecule has 1 radical (unpaired) electrons. The molecule has 0 aliphatic heterocycles. The van der Waals surface area contributed by atoms with Crippen LogP contribution in [0, 0.1) is 0 Å². The van der Waals surface area contributed by atoms with Gasteiger partial charge in [-0.2, -0.15) is 13.2 Å². The molecule has 0 saturated heterocycles. The number of halogens is 3. The van der Waals surface area contributed by atoms with E-state index in [2.05, 4.69) is 25.1 Å². The molecule has 0 saturated carbocycles. The maximum Gasteiger partial charge on any atom is 0.429 e. The van der Waals surface area contributed by atoms with Gasteiger partial charge < -0.3 is 15.2 Å². The summed E-state index contributed by atoms with van der Waals surface area (Å²) in [7, 11) is 0. The van der Waals surface area contributed by atoms with Crippen LogP contribution >= 0.6 is 0 Å². The monoisotopic (exact) mass is 529 g/mol. The van der Waals surface area contributed by atoms with Gasteiger partial charge in [0.2, 0.25) is 0 Å². The van der Waals surface area contributed by atoms with Gasteiger partial charge in [-0.15, -0.1) is 0 Å². The van der Waals surface area contributed by atoms with Crippen molar-refractivity contribution in [2.45, 2.75) is 6.18 Å². The molecule has 3 rings (SSSR count). The minimum Gasteiger partial charge on any atom is -0.477 e. The molecule has 0 aliphatic rings. The van der Waals surface area contributed by atoms with Crippen LogP contribution in [0.2, 0.25) is 0 Å². The third-order valence-corrected chi connectivity index (χ3v) is 2.48. The van der Waals surface area contributed by atoms with Crippen LogP contribution in [0.25, 0.3) is 11.5 Å². The van der Waals surface area contributed by atoms with Crippen molar-refractivity contribution in [2.75, 3.05) is 0 Å². The largest absolute Gasteiger partial charge is 0.477 e. The van der Waals surface area contributed by atoms with Gasteiger partial charge in [-0.1, -0.05) is 12.1 Å². The number of carbonyl (C=O) groups is 1. The summed E-state index contributed by atoms with van der Waals surface area (Å²) in [5, 5.41) is 14.6. The Bertz CT molecular complexity index is 797. The molecule has 0 bridgehead atoms. The minimum absolute atomic E-state index is 0. The first-order chi connectivity index (χ1) is 11.4. The summed E-state index contributed by atoms with van der Waals surface area (Å²) in [5.74, 6) is -2.36. The molecule has 3 aromatic heterocycles. The van der Waals surface area contributed by atoms with Gasteiger partial charge >= 0.3 is 12.1 Å². The third-order valence-electron chi connectivity index (χ3n) is 2.48. The summed E-state index contributed by atoms with van der Waals surface area (Å²) >= 11 is 0. The first kappa shape index (κ1) is 20.4.